The van der Waals surface area contributed by atoms with Crippen LogP contribution in [0.2, 0.25) is 0 Å². The van der Waals surface area contributed by atoms with Crippen LogP contribution in [-0.2, 0) is 5.54 Å². The van der Waals surface area contributed by atoms with Gasteiger partial charge in [0.1, 0.15) is 0 Å². The smallest absolute Gasteiger partial charge is 0.0854 e. The van der Waals surface area contributed by atoms with Crippen molar-refractivity contribution in [2.24, 2.45) is 0 Å². The third kappa shape index (κ3) is 2.96. The van der Waals surface area contributed by atoms with Crippen LogP contribution < -0.4 is 5.32 Å². The van der Waals surface area contributed by atoms with E-state index >= 15 is 0 Å². The predicted octanol–water partition coefficient (Wildman–Crippen LogP) is 3.70. The second-order valence-electron chi connectivity index (χ2n) is 4.95. The molecule has 2 nitrogen and oxygen atoms in total. The lowest BCUT2D eigenvalue weighted by atomic mass is 9.87. The Hall–Kier alpha value is -1.80. The van der Waals surface area contributed by atoms with Gasteiger partial charge in [0, 0.05) is 5.69 Å². The number of hydrogen-bond acceptors (Lipinski definition) is 2. The Kier molecular flexibility index (Phi) is 4.23. The molecule has 2 heteroatoms. The third-order valence-corrected chi connectivity index (χ3v) is 3.64. The molecule has 1 unspecified atom stereocenters. The molecule has 0 saturated heterocycles. The zero-order chi connectivity index (χ0) is 13.7. The SMILES string of the molecule is CCC(CO)(Nc1ccccc1)c1ccc(C)cc1. The Balaban J connectivity index is 2.34. The number of aliphatic hydroxyl groups is 1. The summed E-state index contributed by atoms with van der Waals surface area (Å²) < 4.78 is 0. The van der Waals surface area contributed by atoms with Gasteiger partial charge in [-0.2, -0.15) is 0 Å². The zero-order valence-electron chi connectivity index (χ0n) is 11.6. The number of nitrogens with one attached hydrogen (secondary N) is 1. The molecule has 19 heavy (non-hydrogen) atoms. The monoisotopic (exact) mass is 255 g/mol. The molecule has 2 aromatic rings. The Morgan fingerprint density at radius 3 is 2.16 bits per heavy atom. The number of aryl methyl sites for hydroxylation is 1. The van der Waals surface area contributed by atoms with Crippen LogP contribution in [0.15, 0.2) is 54.6 Å². The van der Waals surface area contributed by atoms with Gasteiger partial charge in [-0.25, -0.2) is 0 Å². The maximum atomic E-state index is 9.90. The lowest BCUT2D eigenvalue weighted by molar-refractivity contribution is 0.207. The van der Waals surface area contributed by atoms with Crippen LogP contribution in [0.5, 0.6) is 0 Å². The molecule has 0 bridgehead atoms. The highest BCUT2D eigenvalue weighted by molar-refractivity contribution is 5.48. The molecule has 2 rings (SSSR count). The summed E-state index contributed by atoms with van der Waals surface area (Å²) in [6.45, 7) is 4.23. The van der Waals surface area contributed by atoms with E-state index < -0.39 is 5.54 Å². The molecular weight excluding hydrogens is 234 g/mol. The van der Waals surface area contributed by atoms with E-state index in [9.17, 15) is 5.11 Å². The van der Waals surface area contributed by atoms with Crippen molar-refractivity contribution in [3.05, 3.63) is 65.7 Å². The van der Waals surface area contributed by atoms with Crippen LogP contribution in [-0.4, -0.2) is 11.7 Å². The molecule has 0 aliphatic rings. The first-order valence-corrected chi connectivity index (χ1v) is 6.71. The summed E-state index contributed by atoms with van der Waals surface area (Å²) in [6.07, 6.45) is 0.821. The number of rotatable bonds is 5. The first kappa shape index (κ1) is 13.6. The summed E-state index contributed by atoms with van der Waals surface area (Å²) >= 11 is 0. The minimum absolute atomic E-state index is 0.0709. The molecule has 100 valence electrons. The summed E-state index contributed by atoms with van der Waals surface area (Å²) in [7, 11) is 0. The lowest BCUT2D eigenvalue weighted by Crippen LogP contribution is -2.38. The second kappa shape index (κ2) is 5.89. The number of anilines is 1. The van der Waals surface area contributed by atoms with Crippen molar-refractivity contribution >= 4 is 5.69 Å². The second-order valence-corrected chi connectivity index (χ2v) is 4.95. The molecule has 0 aliphatic heterocycles. The lowest BCUT2D eigenvalue weighted by Gasteiger charge is -2.34. The largest absolute Gasteiger partial charge is 0.394 e. The van der Waals surface area contributed by atoms with Crippen molar-refractivity contribution in [3.63, 3.8) is 0 Å². The van der Waals surface area contributed by atoms with Crippen LogP contribution in [0.25, 0.3) is 0 Å². The first-order chi connectivity index (χ1) is 9.20. The quantitative estimate of drug-likeness (QED) is 0.853. The average molecular weight is 255 g/mol. The van der Waals surface area contributed by atoms with Crippen molar-refractivity contribution in [1.82, 2.24) is 0 Å². The normalized spacial score (nSPS) is 13.8. The van der Waals surface area contributed by atoms with Gasteiger partial charge < -0.3 is 10.4 Å². The molecule has 0 aliphatic carbocycles. The fourth-order valence-electron chi connectivity index (χ4n) is 2.28. The predicted molar refractivity (Wildman–Crippen MR) is 80.3 cm³/mol. The third-order valence-electron chi connectivity index (χ3n) is 3.64. The minimum atomic E-state index is -0.422. The highest BCUT2D eigenvalue weighted by atomic mass is 16.3. The van der Waals surface area contributed by atoms with Gasteiger partial charge >= 0.3 is 0 Å². The van der Waals surface area contributed by atoms with Gasteiger partial charge in [0.15, 0.2) is 0 Å². The minimum Gasteiger partial charge on any atom is -0.394 e. The Morgan fingerprint density at radius 2 is 1.63 bits per heavy atom. The van der Waals surface area contributed by atoms with Gasteiger partial charge in [0.2, 0.25) is 0 Å². The van der Waals surface area contributed by atoms with E-state index in [2.05, 4.69) is 43.4 Å². The number of para-hydroxylation sites is 1. The maximum Gasteiger partial charge on any atom is 0.0854 e. The van der Waals surface area contributed by atoms with Gasteiger partial charge in [-0.15, -0.1) is 0 Å². The summed E-state index contributed by atoms with van der Waals surface area (Å²) in [5.41, 5.74) is 2.95. The number of benzene rings is 2. The molecule has 1 atom stereocenters. The van der Waals surface area contributed by atoms with E-state index in [1.807, 2.05) is 30.3 Å². The summed E-state index contributed by atoms with van der Waals surface area (Å²) in [6, 6.07) is 18.4. The Labute approximate surface area is 115 Å². The van der Waals surface area contributed by atoms with E-state index in [1.165, 1.54) is 5.56 Å². The molecule has 2 aromatic carbocycles. The molecule has 2 N–H and O–H groups in total. The van der Waals surface area contributed by atoms with Crippen molar-refractivity contribution in [2.45, 2.75) is 25.8 Å². The molecular formula is C17H21NO. The van der Waals surface area contributed by atoms with Crippen LogP contribution >= 0.6 is 0 Å². The van der Waals surface area contributed by atoms with Crippen LogP contribution in [0.3, 0.4) is 0 Å². The first-order valence-electron chi connectivity index (χ1n) is 6.71. The summed E-state index contributed by atoms with van der Waals surface area (Å²) in [5, 5.41) is 13.4. The molecule has 0 heterocycles. The van der Waals surface area contributed by atoms with E-state index in [4.69, 9.17) is 0 Å². The topological polar surface area (TPSA) is 32.3 Å². The highest BCUT2D eigenvalue weighted by Gasteiger charge is 2.29. The standard InChI is InChI=1S/C17H21NO/c1-3-17(13-19,15-11-9-14(2)10-12-15)18-16-7-5-4-6-8-16/h4-12,18-19H,3,13H2,1-2H3. The van der Waals surface area contributed by atoms with Gasteiger partial charge in [0.05, 0.1) is 12.1 Å². The van der Waals surface area contributed by atoms with E-state index in [0.29, 0.717) is 0 Å². The fourth-order valence-corrected chi connectivity index (χ4v) is 2.28. The average Bonchev–Trinajstić information content (AvgIpc) is 2.47. The van der Waals surface area contributed by atoms with Crippen LogP contribution in [0.1, 0.15) is 24.5 Å². The van der Waals surface area contributed by atoms with Gasteiger partial charge in [-0.3, -0.25) is 0 Å². The Bertz CT molecular complexity index is 501. The van der Waals surface area contributed by atoms with Gasteiger partial charge in [-0.1, -0.05) is 55.0 Å². The molecule has 0 amide bonds. The van der Waals surface area contributed by atoms with Gasteiger partial charge in [-0.05, 0) is 31.0 Å². The van der Waals surface area contributed by atoms with Gasteiger partial charge in [0.25, 0.3) is 0 Å². The summed E-state index contributed by atoms with van der Waals surface area (Å²) in [5.74, 6) is 0. The molecule has 0 saturated carbocycles. The van der Waals surface area contributed by atoms with Crippen molar-refractivity contribution in [3.8, 4) is 0 Å². The molecule has 0 aromatic heterocycles. The van der Waals surface area contributed by atoms with Crippen LogP contribution in [0, 0.1) is 6.92 Å². The van der Waals surface area contributed by atoms with Crippen molar-refractivity contribution in [2.75, 3.05) is 11.9 Å². The van der Waals surface area contributed by atoms with Crippen molar-refractivity contribution < 1.29 is 5.11 Å². The number of aliphatic hydroxyl groups excluding tert-OH is 1. The fraction of sp³-hybridized carbons (Fsp3) is 0.294. The highest BCUT2D eigenvalue weighted by Crippen LogP contribution is 2.29. The molecule has 0 spiro atoms. The van der Waals surface area contributed by atoms with E-state index in [0.717, 1.165) is 17.7 Å². The number of hydrogen-bond donors (Lipinski definition) is 2. The van der Waals surface area contributed by atoms with Crippen LogP contribution in [0.4, 0.5) is 5.69 Å². The summed E-state index contributed by atoms with van der Waals surface area (Å²) in [4.78, 5) is 0. The molecule has 0 radical (unpaired) electrons. The Morgan fingerprint density at radius 1 is 1.00 bits per heavy atom. The molecule has 0 fully saturated rings. The maximum absolute atomic E-state index is 9.90. The van der Waals surface area contributed by atoms with E-state index in [1.54, 1.807) is 0 Å². The van der Waals surface area contributed by atoms with Crippen molar-refractivity contribution in [1.29, 1.82) is 0 Å². The zero-order valence-corrected chi connectivity index (χ0v) is 11.6. The van der Waals surface area contributed by atoms with E-state index in [-0.39, 0.29) is 6.61 Å².